The van der Waals surface area contributed by atoms with Crippen molar-refractivity contribution in [2.75, 3.05) is 0 Å². The van der Waals surface area contributed by atoms with E-state index in [4.69, 9.17) is 11.5 Å². The highest BCUT2D eigenvalue weighted by molar-refractivity contribution is 6.10. The van der Waals surface area contributed by atoms with Crippen molar-refractivity contribution in [3.05, 3.63) is 29.8 Å². The molecule has 0 aliphatic carbocycles. The Bertz CT molecular complexity index is 487. The number of carbonyl (C=O) groups is 2. The SMILES string of the molecule is C[C@@H](O)[C@](N)(C(N)=O)C(=O)CCc1ccccc1O. The number of aliphatic hydroxyl groups excluding tert-OH is 1. The number of aryl methyl sites for hydroxylation is 1. The summed E-state index contributed by atoms with van der Waals surface area (Å²) in [5.41, 5.74) is 9.14. The number of phenols is 1. The lowest BCUT2D eigenvalue weighted by Crippen LogP contribution is -2.64. The molecule has 1 aromatic carbocycles. The van der Waals surface area contributed by atoms with Crippen molar-refractivity contribution < 1.29 is 19.8 Å². The molecule has 19 heavy (non-hydrogen) atoms. The van der Waals surface area contributed by atoms with E-state index in [0.717, 1.165) is 0 Å². The summed E-state index contributed by atoms with van der Waals surface area (Å²) in [5, 5.41) is 19.0. The second kappa shape index (κ2) is 5.81. The van der Waals surface area contributed by atoms with Crippen LogP contribution in [0.15, 0.2) is 24.3 Å². The topological polar surface area (TPSA) is 127 Å². The van der Waals surface area contributed by atoms with Crippen LogP contribution in [0, 0.1) is 0 Å². The zero-order valence-electron chi connectivity index (χ0n) is 10.7. The van der Waals surface area contributed by atoms with Gasteiger partial charge in [0.1, 0.15) is 5.75 Å². The molecule has 0 heterocycles. The minimum atomic E-state index is -2.09. The molecule has 0 unspecified atom stereocenters. The van der Waals surface area contributed by atoms with Crippen molar-refractivity contribution in [3.63, 3.8) is 0 Å². The van der Waals surface area contributed by atoms with Gasteiger partial charge in [0.05, 0.1) is 6.10 Å². The van der Waals surface area contributed by atoms with Crippen molar-refractivity contribution in [1.29, 1.82) is 0 Å². The molecule has 1 amide bonds. The first-order valence-corrected chi connectivity index (χ1v) is 5.87. The molecule has 0 aliphatic heterocycles. The third-order valence-electron chi connectivity index (χ3n) is 3.14. The smallest absolute Gasteiger partial charge is 0.247 e. The Kier molecular flexibility index (Phi) is 4.63. The van der Waals surface area contributed by atoms with E-state index in [0.29, 0.717) is 5.56 Å². The number of amides is 1. The highest BCUT2D eigenvalue weighted by atomic mass is 16.3. The number of Topliss-reactive ketones (excluding diaryl/α,β-unsaturated/α-hetero) is 1. The third kappa shape index (κ3) is 3.10. The van der Waals surface area contributed by atoms with E-state index >= 15 is 0 Å². The van der Waals surface area contributed by atoms with Crippen LogP contribution in [0.25, 0.3) is 0 Å². The molecule has 0 fully saturated rings. The summed E-state index contributed by atoms with van der Waals surface area (Å²) in [7, 11) is 0. The standard InChI is InChI=1S/C13H18N2O4/c1-8(16)13(15,12(14)19)11(18)7-6-9-4-2-3-5-10(9)17/h2-5,8,16-17H,6-7,15H2,1H3,(H2,14,19)/t8-,13-/m1/s1. The van der Waals surface area contributed by atoms with Crippen LogP contribution in [0.1, 0.15) is 18.9 Å². The Morgan fingerprint density at radius 3 is 2.42 bits per heavy atom. The van der Waals surface area contributed by atoms with Crippen LogP contribution in [-0.2, 0) is 16.0 Å². The molecule has 0 bridgehead atoms. The predicted molar refractivity (Wildman–Crippen MR) is 69.2 cm³/mol. The number of hydrogen-bond donors (Lipinski definition) is 4. The molecular weight excluding hydrogens is 248 g/mol. The number of ketones is 1. The number of para-hydroxylation sites is 1. The average Bonchev–Trinajstić information content (AvgIpc) is 2.35. The summed E-state index contributed by atoms with van der Waals surface area (Å²) in [6.07, 6.45) is -1.26. The lowest BCUT2D eigenvalue weighted by Gasteiger charge is -2.27. The first-order valence-electron chi connectivity index (χ1n) is 5.87. The molecule has 0 saturated heterocycles. The van der Waals surface area contributed by atoms with Gasteiger partial charge in [0.25, 0.3) is 0 Å². The van der Waals surface area contributed by atoms with Crippen LogP contribution in [0.3, 0.4) is 0 Å². The quantitative estimate of drug-likeness (QED) is 0.514. The maximum absolute atomic E-state index is 12.0. The molecule has 0 radical (unpaired) electrons. The van der Waals surface area contributed by atoms with Gasteiger partial charge in [-0.25, -0.2) is 0 Å². The summed E-state index contributed by atoms with van der Waals surface area (Å²) in [6.45, 7) is 1.24. The van der Waals surface area contributed by atoms with E-state index in [1.165, 1.54) is 13.0 Å². The maximum atomic E-state index is 12.0. The highest BCUT2D eigenvalue weighted by Gasteiger charge is 2.44. The van der Waals surface area contributed by atoms with Crippen molar-refractivity contribution in [3.8, 4) is 5.75 Å². The Morgan fingerprint density at radius 2 is 1.95 bits per heavy atom. The molecule has 6 heteroatoms. The summed E-state index contributed by atoms with van der Waals surface area (Å²) < 4.78 is 0. The Hall–Kier alpha value is -1.92. The number of rotatable bonds is 6. The molecule has 0 spiro atoms. The highest BCUT2D eigenvalue weighted by Crippen LogP contribution is 2.19. The van der Waals surface area contributed by atoms with E-state index < -0.39 is 23.3 Å². The fraction of sp³-hybridized carbons (Fsp3) is 0.385. The van der Waals surface area contributed by atoms with Gasteiger partial charge in [0.15, 0.2) is 11.3 Å². The van der Waals surface area contributed by atoms with Crippen LogP contribution < -0.4 is 11.5 Å². The largest absolute Gasteiger partial charge is 0.508 e. The van der Waals surface area contributed by atoms with E-state index in [-0.39, 0.29) is 18.6 Å². The van der Waals surface area contributed by atoms with Crippen molar-refractivity contribution >= 4 is 11.7 Å². The molecule has 104 valence electrons. The summed E-state index contributed by atoms with van der Waals surface area (Å²) in [4.78, 5) is 23.2. The Balaban J connectivity index is 2.80. The summed E-state index contributed by atoms with van der Waals surface area (Å²) >= 11 is 0. The van der Waals surface area contributed by atoms with Gasteiger partial charge in [-0.3, -0.25) is 9.59 Å². The number of aromatic hydroxyl groups is 1. The molecule has 1 aromatic rings. The number of carbonyl (C=O) groups excluding carboxylic acids is 2. The fourth-order valence-corrected chi connectivity index (χ4v) is 1.75. The molecule has 2 atom stereocenters. The third-order valence-corrected chi connectivity index (χ3v) is 3.14. The number of primary amides is 1. The van der Waals surface area contributed by atoms with E-state index in [9.17, 15) is 19.8 Å². The van der Waals surface area contributed by atoms with Gasteiger partial charge in [-0.1, -0.05) is 18.2 Å². The van der Waals surface area contributed by atoms with Crippen LogP contribution >= 0.6 is 0 Å². The first kappa shape index (κ1) is 15.1. The predicted octanol–water partition coefficient (Wildman–Crippen LogP) is -0.542. The van der Waals surface area contributed by atoms with Gasteiger partial charge < -0.3 is 21.7 Å². The van der Waals surface area contributed by atoms with Gasteiger partial charge in [0, 0.05) is 6.42 Å². The van der Waals surface area contributed by atoms with Crippen molar-refractivity contribution in [2.45, 2.75) is 31.4 Å². The second-order valence-corrected chi connectivity index (χ2v) is 4.46. The van der Waals surface area contributed by atoms with Gasteiger partial charge in [-0.15, -0.1) is 0 Å². The zero-order chi connectivity index (χ0) is 14.6. The van der Waals surface area contributed by atoms with Crippen LogP contribution in [0.5, 0.6) is 5.75 Å². The minimum absolute atomic E-state index is 0.0639. The fourth-order valence-electron chi connectivity index (χ4n) is 1.75. The normalized spacial score (nSPS) is 15.5. The van der Waals surface area contributed by atoms with Crippen LogP contribution in [-0.4, -0.2) is 33.5 Å². The van der Waals surface area contributed by atoms with Gasteiger partial charge in [0.2, 0.25) is 5.91 Å². The zero-order valence-corrected chi connectivity index (χ0v) is 10.7. The number of aliphatic hydroxyl groups is 1. The number of hydrogen-bond acceptors (Lipinski definition) is 5. The minimum Gasteiger partial charge on any atom is -0.508 e. The molecule has 6 nitrogen and oxygen atoms in total. The second-order valence-electron chi connectivity index (χ2n) is 4.46. The van der Waals surface area contributed by atoms with E-state index in [2.05, 4.69) is 0 Å². The molecule has 0 saturated carbocycles. The molecule has 0 aliphatic rings. The summed E-state index contributed by atoms with van der Waals surface area (Å²) in [5.74, 6) is -1.66. The van der Waals surface area contributed by atoms with Crippen molar-refractivity contribution in [1.82, 2.24) is 0 Å². The number of benzene rings is 1. The van der Waals surface area contributed by atoms with E-state index in [1.807, 2.05) is 0 Å². The average molecular weight is 266 g/mol. The Labute approximate surface area is 111 Å². The van der Waals surface area contributed by atoms with Gasteiger partial charge in [-0.2, -0.15) is 0 Å². The van der Waals surface area contributed by atoms with E-state index in [1.54, 1.807) is 18.2 Å². The van der Waals surface area contributed by atoms with Gasteiger partial charge >= 0.3 is 0 Å². The Morgan fingerprint density at radius 1 is 1.37 bits per heavy atom. The lowest BCUT2D eigenvalue weighted by molar-refractivity contribution is -0.138. The lowest BCUT2D eigenvalue weighted by atomic mass is 9.85. The summed E-state index contributed by atoms with van der Waals surface area (Å²) in [6, 6.07) is 6.54. The molecular formula is C13H18N2O4. The first-order chi connectivity index (χ1) is 8.80. The maximum Gasteiger partial charge on any atom is 0.247 e. The number of nitrogens with two attached hydrogens (primary N) is 2. The molecule has 0 aromatic heterocycles. The molecule has 6 N–H and O–H groups in total. The van der Waals surface area contributed by atoms with Crippen LogP contribution in [0.4, 0.5) is 0 Å². The van der Waals surface area contributed by atoms with Crippen LogP contribution in [0.2, 0.25) is 0 Å². The van der Waals surface area contributed by atoms with Crippen molar-refractivity contribution in [2.24, 2.45) is 11.5 Å². The monoisotopic (exact) mass is 266 g/mol. The number of phenolic OH excluding ortho intramolecular Hbond substituents is 1. The molecule has 1 rings (SSSR count). The van der Waals surface area contributed by atoms with Gasteiger partial charge in [-0.05, 0) is 25.0 Å².